The van der Waals surface area contributed by atoms with E-state index < -0.39 is 0 Å². The van der Waals surface area contributed by atoms with Gasteiger partial charge in [-0.1, -0.05) is 0 Å². The molecule has 0 unspecified atom stereocenters. The van der Waals surface area contributed by atoms with Crippen molar-refractivity contribution in [3.63, 3.8) is 0 Å². The van der Waals surface area contributed by atoms with E-state index in [1.165, 1.54) is 12.8 Å². The van der Waals surface area contributed by atoms with Gasteiger partial charge in [0.05, 0.1) is 11.7 Å². The van der Waals surface area contributed by atoms with Crippen molar-refractivity contribution in [3.8, 4) is 0 Å². The van der Waals surface area contributed by atoms with E-state index in [0.29, 0.717) is 12.6 Å². The molecule has 2 N–H and O–H groups in total. The van der Waals surface area contributed by atoms with Crippen molar-refractivity contribution in [2.24, 2.45) is 5.73 Å². The third kappa shape index (κ3) is 0.827. The highest BCUT2D eigenvalue weighted by Gasteiger charge is 2.25. The third-order valence-electron chi connectivity index (χ3n) is 1.85. The predicted molar refractivity (Wildman–Crippen MR) is 38.4 cm³/mol. The summed E-state index contributed by atoms with van der Waals surface area (Å²) >= 11 is 0. The maximum Gasteiger partial charge on any atom is 0.0524 e. The second kappa shape index (κ2) is 2.09. The molecule has 3 heteroatoms. The van der Waals surface area contributed by atoms with Crippen LogP contribution < -0.4 is 5.73 Å². The molecule has 0 atom stereocenters. The first-order valence-electron chi connectivity index (χ1n) is 3.64. The number of rotatable bonds is 2. The summed E-state index contributed by atoms with van der Waals surface area (Å²) in [7, 11) is 0. The molecule has 0 bridgehead atoms. The normalized spacial score (nSPS) is 17.7. The van der Waals surface area contributed by atoms with Crippen molar-refractivity contribution in [1.82, 2.24) is 9.78 Å². The molecule has 0 radical (unpaired) electrons. The first kappa shape index (κ1) is 5.92. The lowest BCUT2D eigenvalue weighted by Crippen LogP contribution is -2.06. The number of hydrogen-bond acceptors (Lipinski definition) is 2. The van der Waals surface area contributed by atoms with E-state index in [1.54, 1.807) is 0 Å². The van der Waals surface area contributed by atoms with Crippen molar-refractivity contribution in [3.05, 3.63) is 18.0 Å². The summed E-state index contributed by atoms with van der Waals surface area (Å²) in [6.45, 7) is 0.608. The highest BCUT2D eigenvalue weighted by atomic mass is 15.3. The molecule has 10 heavy (non-hydrogen) atoms. The molecule has 0 aromatic carbocycles. The Morgan fingerprint density at radius 1 is 1.70 bits per heavy atom. The molecule has 0 spiro atoms. The molecule has 1 fully saturated rings. The number of hydrogen-bond donors (Lipinski definition) is 1. The van der Waals surface area contributed by atoms with Crippen molar-refractivity contribution in [2.45, 2.75) is 25.4 Å². The summed E-state index contributed by atoms with van der Waals surface area (Å²) in [5.41, 5.74) is 6.65. The molecule has 1 aliphatic carbocycles. The lowest BCUT2D eigenvalue weighted by atomic mass is 10.4. The highest BCUT2D eigenvalue weighted by Crippen LogP contribution is 2.34. The van der Waals surface area contributed by atoms with Crippen LogP contribution in [0.4, 0.5) is 0 Å². The molecule has 0 saturated heterocycles. The van der Waals surface area contributed by atoms with E-state index >= 15 is 0 Å². The van der Waals surface area contributed by atoms with Gasteiger partial charge in [-0.2, -0.15) is 5.10 Å². The molecule has 1 aliphatic rings. The van der Waals surface area contributed by atoms with Crippen LogP contribution >= 0.6 is 0 Å². The van der Waals surface area contributed by atoms with Crippen molar-refractivity contribution in [1.29, 1.82) is 0 Å². The van der Waals surface area contributed by atoms with Gasteiger partial charge >= 0.3 is 0 Å². The lowest BCUT2D eigenvalue weighted by Gasteiger charge is -2.00. The van der Waals surface area contributed by atoms with Gasteiger partial charge in [0.2, 0.25) is 0 Å². The second-order valence-electron chi connectivity index (χ2n) is 2.70. The van der Waals surface area contributed by atoms with Crippen LogP contribution in [0.3, 0.4) is 0 Å². The summed E-state index contributed by atoms with van der Waals surface area (Å²) in [4.78, 5) is 0. The fourth-order valence-corrected chi connectivity index (χ4v) is 1.15. The molecule has 0 aliphatic heterocycles. The van der Waals surface area contributed by atoms with Gasteiger partial charge in [0.1, 0.15) is 0 Å². The van der Waals surface area contributed by atoms with Gasteiger partial charge < -0.3 is 5.73 Å². The largest absolute Gasteiger partial charge is 0.325 e. The lowest BCUT2D eigenvalue weighted by molar-refractivity contribution is 0.606. The fourth-order valence-electron chi connectivity index (χ4n) is 1.15. The van der Waals surface area contributed by atoms with Crippen LogP contribution in [0, 0.1) is 0 Å². The van der Waals surface area contributed by atoms with E-state index in [2.05, 4.69) is 5.10 Å². The SMILES string of the molecule is NCc1ccnn1C1CC1. The van der Waals surface area contributed by atoms with Crippen molar-refractivity contribution in [2.75, 3.05) is 0 Å². The molecule has 1 saturated carbocycles. The topological polar surface area (TPSA) is 43.8 Å². The van der Waals surface area contributed by atoms with Gasteiger partial charge in [-0.05, 0) is 18.9 Å². The van der Waals surface area contributed by atoms with Crippen LogP contribution in [0.5, 0.6) is 0 Å². The zero-order valence-electron chi connectivity index (χ0n) is 5.83. The molecule has 2 rings (SSSR count). The summed E-state index contributed by atoms with van der Waals surface area (Å²) in [5, 5.41) is 4.19. The predicted octanol–water partition coefficient (Wildman–Crippen LogP) is 0.677. The first-order chi connectivity index (χ1) is 4.92. The zero-order valence-corrected chi connectivity index (χ0v) is 5.83. The van der Waals surface area contributed by atoms with Crippen LogP contribution in [0.25, 0.3) is 0 Å². The molecular formula is C7H11N3. The van der Waals surface area contributed by atoms with Gasteiger partial charge in [0, 0.05) is 12.7 Å². The van der Waals surface area contributed by atoms with Crippen LogP contribution in [0.2, 0.25) is 0 Å². The van der Waals surface area contributed by atoms with Crippen molar-refractivity contribution >= 4 is 0 Å². The second-order valence-corrected chi connectivity index (χ2v) is 2.70. The molecule has 1 aromatic rings. The van der Waals surface area contributed by atoms with E-state index in [0.717, 1.165) is 5.69 Å². The molecule has 0 amide bonds. The smallest absolute Gasteiger partial charge is 0.0524 e. The van der Waals surface area contributed by atoms with Crippen LogP contribution in [0.1, 0.15) is 24.6 Å². The van der Waals surface area contributed by atoms with Gasteiger partial charge in [0.15, 0.2) is 0 Å². The molecule has 1 heterocycles. The van der Waals surface area contributed by atoms with Crippen LogP contribution in [0.15, 0.2) is 12.3 Å². The van der Waals surface area contributed by atoms with Crippen LogP contribution in [-0.2, 0) is 6.54 Å². The Morgan fingerprint density at radius 3 is 3.10 bits per heavy atom. The zero-order chi connectivity index (χ0) is 6.97. The van der Waals surface area contributed by atoms with Gasteiger partial charge in [0.25, 0.3) is 0 Å². The third-order valence-corrected chi connectivity index (χ3v) is 1.85. The van der Waals surface area contributed by atoms with E-state index in [1.807, 2.05) is 16.9 Å². The molecular weight excluding hydrogens is 126 g/mol. The van der Waals surface area contributed by atoms with Gasteiger partial charge in [-0.15, -0.1) is 0 Å². The minimum Gasteiger partial charge on any atom is -0.325 e. The Kier molecular flexibility index (Phi) is 1.24. The molecule has 54 valence electrons. The Labute approximate surface area is 59.8 Å². The van der Waals surface area contributed by atoms with E-state index in [4.69, 9.17) is 5.73 Å². The number of nitrogens with two attached hydrogens (primary N) is 1. The Hall–Kier alpha value is -0.830. The van der Waals surface area contributed by atoms with Gasteiger partial charge in [-0.25, -0.2) is 0 Å². The Balaban J connectivity index is 2.28. The van der Waals surface area contributed by atoms with Crippen LogP contribution in [-0.4, -0.2) is 9.78 Å². The summed E-state index contributed by atoms with van der Waals surface area (Å²) < 4.78 is 2.04. The minimum absolute atomic E-state index is 0.608. The average Bonchev–Trinajstić information content (AvgIpc) is 2.69. The summed E-state index contributed by atoms with van der Waals surface area (Å²) in [5.74, 6) is 0. The Morgan fingerprint density at radius 2 is 2.50 bits per heavy atom. The molecule has 3 nitrogen and oxygen atoms in total. The summed E-state index contributed by atoms with van der Waals surface area (Å²) in [6, 6.07) is 2.65. The first-order valence-corrected chi connectivity index (χ1v) is 3.64. The highest BCUT2D eigenvalue weighted by molar-refractivity contribution is 5.03. The van der Waals surface area contributed by atoms with E-state index in [9.17, 15) is 0 Å². The summed E-state index contributed by atoms with van der Waals surface area (Å²) in [6.07, 6.45) is 4.36. The maximum atomic E-state index is 5.50. The average molecular weight is 137 g/mol. The molecule has 1 aromatic heterocycles. The van der Waals surface area contributed by atoms with Crippen molar-refractivity contribution < 1.29 is 0 Å². The number of aromatic nitrogens is 2. The quantitative estimate of drug-likeness (QED) is 0.651. The monoisotopic (exact) mass is 137 g/mol. The maximum absolute atomic E-state index is 5.50. The van der Waals surface area contributed by atoms with E-state index in [-0.39, 0.29) is 0 Å². The Bertz CT molecular complexity index is 225. The minimum atomic E-state index is 0.608. The van der Waals surface area contributed by atoms with Gasteiger partial charge in [-0.3, -0.25) is 4.68 Å². The standard InChI is InChI=1S/C7H11N3/c8-5-7-3-4-9-10(7)6-1-2-6/h3-4,6H,1-2,5,8H2. The fraction of sp³-hybridized carbons (Fsp3) is 0.571. The number of nitrogens with zero attached hydrogens (tertiary/aromatic N) is 2.